The van der Waals surface area contributed by atoms with Gasteiger partial charge in [-0.05, 0) is 54.2 Å². The van der Waals surface area contributed by atoms with Crippen LogP contribution in [0.25, 0.3) is 0 Å². The van der Waals surface area contributed by atoms with Gasteiger partial charge in [0.1, 0.15) is 11.8 Å². The van der Waals surface area contributed by atoms with Crippen LogP contribution in [0.2, 0.25) is 0 Å². The number of anilines is 2. The van der Waals surface area contributed by atoms with E-state index in [1.54, 1.807) is 37.3 Å². The summed E-state index contributed by atoms with van der Waals surface area (Å²) in [4.78, 5) is 64.5. The van der Waals surface area contributed by atoms with Crippen molar-refractivity contribution in [2.75, 3.05) is 17.7 Å². The van der Waals surface area contributed by atoms with Gasteiger partial charge in [0.2, 0.25) is 5.91 Å². The number of carbonyl (C=O) groups is 5. The number of para-hydroxylation sites is 1. The molecule has 0 aromatic heterocycles. The number of carboxylic acid groups (broad SMARTS) is 1. The minimum atomic E-state index is -6.45. The van der Waals surface area contributed by atoms with E-state index in [9.17, 15) is 55.4 Å². The molecule has 1 aliphatic rings. The number of rotatable bonds is 13. The molecular formula is C36H36F6N5NaO7. The number of imide groups is 1. The molecule has 0 bridgehead atoms. The SMILES string of the molecule is COc1cc(CN2C(=O)N([C@@H](CC(C)C)C(=O)N[C@@H](CC(=O)[O-])c3ccccc3)C(=O)C2(C(F)(F)F)C(F)(F)F)ccc1NC(=O)Nc1ccccc1C.[Na+]. The molecule has 3 N–H and O–H groups in total. The maximum Gasteiger partial charge on any atom is 1.00 e. The largest absolute Gasteiger partial charge is 1.00 e. The predicted molar refractivity (Wildman–Crippen MR) is 180 cm³/mol. The van der Waals surface area contributed by atoms with Crippen molar-refractivity contribution in [1.82, 2.24) is 15.1 Å². The van der Waals surface area contributed by atoms with Crippen LogP contribution in [0.4, 0.5) is 47.3 Å². The molecule has 290 valence electrons. The number of urea groups is 2. The Kier molecular flexibility index (Phi) is 14.4. The maximum atomic E-state index is 14.9. The molecule has 0 aliphatic carbocycles. The van der Waals surface area contributed by atoms with Crippen molar-refractivity contribution >= 4 is 41.2 Å². The molecule has 0 saturated carbocycles. The van der Waals surface area contributed by atoms with E-state index >= 15 is 0 Å². The number of aliphatic carboxylic acids is 1. The van der Waals surface area contributed by atoms with Gasteiger partial charge in [-0.3, -0.25) is 14.5 Å². The Labute approximate surface area is 333 Å². The Morgan fingerprint density at radius 2 is 1.45 bits per heavy atom. The summed E-state index contributed by atoms with van der Waals surface area (Å²) in [6.45, 7) is 3.17. The first-order valence-electron chi connectivity index (χ1n) is 16.4. The number of halogens is 6. The van der Waals surface area contributed by atoms with Gasteiger partial charge in [-0.2, -0.15) is 26.3 Å². The molecule has 1 aliphatic heterocycles. The monoisotopic (exact) mass is 787 g/mol. The molecule has 1 fully saturated rings. The van der Waals surface area contributed by atoms with E-state index in [4.69, 9.17) is 4.74 Å². The fraction of sp³-hybridized carbons (Fsp3) is 0.361. The van der Waals surface area contributed by atoms with Crippen LogP contribution in [-0.4, -0.2) is 70.7 Å². The Balaban J connectivity index is 0.00000812. The maximum absolute atomic E-state index is 14.9. The normalized spacial score (nSPS) is 15.3. The molecule has 0 spiro atoms. The second kappa shape index (κ2) is 17.8. The van der Waals surface area contributed by atoms with Crippen LogP contribution in [0.1, 0.15) is 49.4 Å². The second-order valence-electron chi connectivity index (χ2n) is 12.9. The number of carbonyl (C=O) groups excluding carboxylic acids is 5. The average molecular weight is 788 g/mol. The van der Waals surface area contributed by atoms with Crippen LogP contribution in [0, 0.1) is 12.8 Å². The van der Waals surface area contributed by atoms with Crippen LogP contribution in [0.5, 0.6) is 5.75 Å². The standard InChI is InChI=1S/C36H37F6N5O7.Na/c1-20(2)16-27(30(50)43-26(18-29(48)49)23-11-6-5-7-12-23)47-31(51)34(35(37,38)39,36(40,41)42)46(33(47)53)19-22-14-15-25(28(17-22)54-4)45-32(52)44-24-13-9-8-10-21(24)3;/h5-15,17,20,26-27H,16,18-19H2,1-4H3,(H,43,50)(H,48,49)(H2,44,45,52);/q;+1/p-1/t26-,27-;/m0./s1. The third-order valence-electron chi connectivity index (χ3n) is 8.64. The summed E-state index contributed by atoms with van der Waals surface area (Å²) in [6, 6.07) is 10.7. The van der Waals surface area contributed by atoms with Crippen molar-refractivity contribution in [3.05, 3.63) is 89.5 Å². The van der Waals surface area contributed by atoms with E-state index in [2.05, 4.69) is 16.0 Å². The summed E-state index contributed by atoms with van der Waals surface area (Å²) in [5.41, 5.74) is -4.50. The third-order valence-corrected chi connectivity index (χ3v) is 8.64. The molecule has 2 atom stereocenters. The van der Waals surface area contributed by atoms with Gasteiger partial charge in [-0.1, -0.05) is 68.4 Å². The van der Waals surface area contributed by atoms with Gasteiger partial charge < -0.3 is 30.6 Å². The van der Waals surface area contributed by atoms with Crippen LogP contribution in [0.15, 0.2) is 72.8 Å². The minimum absolute atomic E-state index is 0. The van der Waals surface area contributed by atoms with Gasteiger partial charge in [0.05, 0.1) is 18.8 Å². The fourth-order valence-electron chi connectivity index (χ4n) is 6.08. The quantitative estimate of drug-likeness (QED) is 0.137. The minimum Gasteiger partial charge on any atom is -0.550 e. The third kappa shape index (κ3) is 9.53. The average Bonchev–Trinajstić information content (AvgIpc) is 3.30. The Bertz CT molecular complexity index is 1880. The van der Waals surface area contributed by atoms with Gasteiger partial charge in [-0.15, -0.1) is 0 Å². The molecule has 12 nitrogen and oxygen atoms in total. The first kappa shape index (κ1) is 44.6. The first-order valence-corrected chi connectivity index (χ1v) is 16.4. The second-order valence-corrected chi connectivity index (χ2v) is 12.9. The molecular weight excluding hydrogens is 751 g/mol. The molecule has 1 heterocycles. The first-order chi connectivity index (χ1) is 25.2. The zero-order valence-electron chi connectivity index (χ0n) is 30.3. The Morgan fingerprint density at radius 3 is 2.00 bits per heavy atom. The Morgan fingerprint density at radius 1 is 0.873 bits per heavy atom. The summed E-state index contributed by atoms with van der Waals surface area (Å²) in [6.07, 6.45) is -14.3. The van der Waals surface area contributed by atoms with Crippen molar-refractivity contribution in [3.63, 3.8) is 0 Å². The number of alkyl halides is 6. The summed E-state index contributed by atoms with van der Waals surface area (Å²) in [7, 11) is 1.11. The van der Waals surface area contributed by atoms with E-state index in [0.29, 0.717) is 11.3 Å². The van der Waals surface area contributed by atoms with Gasteiger partial charge in [0, 0.05) is 24.6 Å². The predicted octanol–water partition coefficient (Wildman–Crippen LogP) is 2.69. The van der Waals surface area contributed by atoms with E-state index < -0.39 is 90.0 Å². The summed E-state index contributed by atoms with van der Waals surface area (Å²) in [5, 5.41) is 18.9. The fourth-order valence-corrected chi connectivity index (χ4v) is 6.08. The number of amides is 6. The van der Waals surface area contributed by atoms with Crippen molar-refractivity contribution in [1.29, 1.82) is 0 Å². The number of nitrogens with one attached hydrogen (secondary N) is 3. The summed E-state index contributed by atoms with van der Waals surface area (Å²) in [5.74, 6) is -6.68. The molecule has 19 heteroatoms. The van der Waals surface area contributed by atoms with Crippen LogP contribution in [-0.2, 0) is 20.9 Å². The number of hydrogen-bond acceptors (Lipinski definition) is 7. The number of nitrogens with zero attached hydrogens (tertiary/aromatic N) is 2. The molecule has 3 aromatic rings. The van der Waals surface area contributed by atoms with Gasteiger partial charge in [0.15, 0.2) is 0 Å². The van der Waals surface area contributed by atoms with Crippen molar-refractivity contribution in [3.8, 4) is 5.75 Å². The van der Waals surface area contributed by atoms with E-state index in [1.165, 1.54) is 38.1 Å². The van der Waals surface area contributed by atoms with Crippen molar-refractivity contribution in [2.45, 2.75) is 70.1 Å². The smallest absolute Gasteiger partial charge is 0.550 e. The molecule has 55 heavy (non-hydrogen) atoms. The zero-order chi connectivity index (χ0) is 40.2. The number of aryl methyl sites for hydroxylation is 1. The Hall–Kier alpha value is -4.81. The molecule has 1 saturated heterocycles. The molecule has 3 aromatic carbocycles. The molecule has 4 rings (SSSR count). The topological polar surface area (TPSA) is 160 Å². The van der Waals surface area contributed by atoms with E-state index in [-0.39, 0.29) is 57.0 Å². The number of ether oxygens (including phenoxy) is 1. The summed E-state index contributed by atoms with van der Waals surface area (Å²) < 4.78 is 94.7. The van der Waals surface area contributed by atoms with Crippen molar-refractivity contribution in [2.24, 2.45) is 5.92 Å². The van der Waals surface area contributed by atoms with Crippen LogP contribution < -0.4 is 55.4 Å². The molecule has 0 radical (unpaired) electrons. The van der Waals surface area contributed by atoms with Gasteiger partial charge in [-0.25, -0.2) is 14.5 Å². The van der Waals surface area contributed by atoms with Crippen LogP contribution >= 0.6 is 0 Å². The number of benzene rings is 3. The number of carboxylic acids is 1. The zero-order valence-corrected chi connectivity index (χ0v) is 32.3. The summed E-state index contributed by atoms with van der Waals surface area (Å²) >= 11 is 0. The molecule has 6 amide bonds. The van der Waals surface area contributed by atoms with Crippen LogP contribution in [0.3, 0.4) is 0 Å². The molecule has 0 unspecified atom stereocenters. The van der Waals surface area contributed by atoms with Crippen molar-refractivity contribution < 1.29 is 89.7 Å². The number of hydrogen-bond donors (Lipinski definition) is 3. The van der Waals surface area contributed by atoms with Gasteiger partial charge >= 0.3 is 59.5 Å². The van der Waals surface area contributed by atoms with Gasteiger partial charge in [0.25, 0.3) is 5.91 Å². The number of methoxy groups -OCH3 is 1. The van der Waals surface area contributed by atoms with E-state index in [0.717, 1.165) is 25.3 Å². The van der Waals surface area contributed by atoms with E-state index in [1.807, 2.05) is 0 Å².